The number of allylic oxidation sites excluding steroid dienone is 1. The number of benzene rings is 2. The van der Waals surface area contributed by atoms with Gasteiger partial charge in [0.25, 0.3) is 0 Å². The quantitative estimate of drug-likeness (QED) is 0.479. The normalized spacial score (nSPS) is 15.1. The van der Waals surface area contributed by atoms with Gasteiger partial charge in [0.15, 0.2) is 5.78 Å². The molecule has 0 spiro atoms. The molecule has 4 heteroatoms. The maximum Gasteiger partial charge on any atom is 0.344 e. The summed E-state index contributed by atoms with van der Waals surface area (Å²) in [5.74, 6) is -0.452. The van der Waals surface area contributed by atoms with Crippen molar-refractivity contribution >= 4 is 29.1 Å². The molecule has 3 nitrogen and oxygen atoms in total. The fraction of sp³-hybridized carbons (Fsp3) is 0. The van der Waals surface area contributed by atoms with Gasteiger partial charge in [-0.1, -0.05) is 41.9 Å². The van der Waals surface area contributed by atoms with Crippen molar-refractivity contribution < 1.29 is 14.3 Å². The fourth-order valence-corrected chi connectivity index (χ4v) is 2.19. The van der Waals surface area contributed by atoms with Gasteiger partial charge in [-0.2, -0.15) is 0 Å². The first-order valence-corrected chi connectivity index (χ1v) is 6.36. The number of carbonyl (C=O) groups excluding carboxylic acids is 2. The molecule has 2 aromatic carbocycles. The highest BCUT2D eigenvalue weighted by molar-refractivity contribution is 6.31. The van der Waals surface area contributed by atoms with Gasteiger partial charge in [0.2, 0.25) is 0 Å². The maximum atomic E-state index is 12.1. The molecule has 20 heavy (non-hydrogen) atoms. The number of halogens is 1. The summed E-state index contributed by atoms with van der Waals surface area (Å²) in [6, 6.07) is 13.6. The van der Waals surface area contributed by atoms with Crippen molar-refractivity contribution in [1.29, 1.82) is 0 Å². The Morgan fingerprint density at radius 2 is 1.80 bits per heavy atom. The number of esters is 1. The number of carbonyl (C=O) groups is 2. The molecule has 0 fully saturated rings. The van der Waals surface area contributed by atoms with Crippen molar-refractivity contribution in [3.05, 3.63) is 76.3 Å². The number of cyclic esters (lactones) is 1. The summed E-state index contributed by atoms with van der Waals surface area (Å²) in [5.41, 5.74) is 1.50. The molecule has 0 unspecified atom stereocenters. The highest BCUT2D eigenvalue weighted by Crippen LogP contribution is 2.32. The largest absolute Gasteiger partial charge is 0.422 e. The number of hydrogen-bond donors (Lipinski definition) is 0. The summed E-state index contributed by atoms with van der Waals surface area (Å²) >= 11 is 5.91. The standard InChI is InChI=1S/C16H9ClO3/c17-11-6-7-12-13(8-11)15(20-16(12)19)9-14(18)10-4-2-1-3-5-10/h1-9H. The van der Waals surface area contributed by atoms with Gasteiger partial charge in [-0.25, -0.2) is 4.79 Å². The van der Waals surface area contributed by atoms with E-state index in [1.165, 1.54) is 6.08 Å². The Morgan fingerprint density at radius 3 is 2.55 bits per heavy atom. The lowest BCUT2D eigenvalue weighted by atomic mass is 10.1. The number of rotatable bonds is 2. The zero-order valence-corrected chi connectivity index (χ0v) is 11.1. The molecule has 0 saturated heterocycles. The second-order valence-corrected chi connectivity index (χ2v) is 4.75. The second-order valence-electron chi connectivity index (χ2n) is 4.32. The Balaban J connectivity index is 2.01. The Labute approximate surface area is 120 Å². The first kappa shape index (κ1) is 12.6. The fourth-order valence-electron chi connectivity index (χ4n) is 2.02. The Morgan fingerprint density at radius 1 is 1.05 bits per heavy atom. The molecule has 0 amide bonds. The SMILES string of the molecule is O=C(C=C1OC(=O)c2ccc(Cl)cc21)c1ccccc1. The third kappa shape index (κ3) is 2.24. The van der Waals surface area contributed by atoms with E-state index < -0.39 is 5.97 Å². The van der Waals surface area contributed by atoms with E-state index in [2.05, 4.69) is 0 Å². The van der Waals surface area contributed by atoms with Crippen LogP contribution in [0.3, 0.4) is 0 Å². The molecule has 1 aliphatic heterocycles. The number of ketones is 1. The van der Waals surface area contributed by atoms with Crippen LogP contribution in [0.2, 0.25) is 5.02 Å². The Hall–Kier alpha value is -2.39. The van der Waals surface area contributed by atoms with Crippen molar-refractivity contribution in [1.82, 2.24) is 0 Å². The molecule has 0 atom stereocenters. The first-order chi connectivity index (χ1) is 9.65. The topological polar surface area (TPSA) is 43.4 Å². The van der Waals surface area contributed by atoms with Crippen LogP contribution in [-0.4, -0.2) is 11.8 Å². The van der Waals surface area contributed by atoms with Crippen LogP contribution >= 0.6 is 11.6 Å². The lowest BCUT2D eigenvalue weighted by Gasteiger charge is -1.99. The highest BCUT2D eigenvalue weighted by atomic mass is 35.5. The van der Waals surface area contributed by atoms with Crippen LogP contribution in [-0.2, 0) is 4.74 Å². The van der Waals surface area contributed by atoms with E-state index in [4.69, 9.17) is 16.3 Å². The molecule has 0 radical (unpaired) electrons. The molecule has 98 valence electrons. The maximum absolute atomic E-state index is 12.1. The zero-order chi connectivity index (χ0) is 14.1. The number of fused-ring (bicyclic) bond motifs is 1. The van der Waals surface area contributed by atoms with Gasteiger partial charge >= 0.3 is 5.97 Å². The molecule has 0 aliphatic carbocycles. The molecule has 2 aromatic rings. The minimum Gasteiger partial charge on any atom is -0.422 e. The van der Waals surface area contributed by atoms with Crippen LogP contribution in [0.4, 0.5) is 0 Å². The molecule has 0 bridgehead atoms. The monoisotopic (exact) mass is 284 g/mol. The van der Waals surface area contributed by atoms with Crippen molar-refractivity contribution in [3.63, 3.8) is 0 Å². The molecule has 0 N–H and O–H groups in total. The van der Waals surface area contributed by atoms with E-state index in [-0.39, 0.29) is 11.5 Å². The molecule has 0 saturated carbocycles. The summed E-state index contributed by atoms with van der Waals surface area (Å²) in [7, 11) is 0. The molecule has 1 heterocycles. The lowest BCUT2D eigenvalue weighted by molar-refractivity contribution is 0.0715. The van der Waals surface area contributed by atoms with Crippen molar-refractivity contribution in [2.24, 2.45) is 0 Å². The summed E-state index contributed by atoms with van der Waals surface area (Å²) in [4.78, 5) is 23.8. The molecule has 1 aliphatic rings. The van der Waals surface area contributed by atoms with Gasteiger partial charge in [0.1, 0.15) is 5.76 Å². The minimum absolute atomic E-state index is 0.221. The van der Waals surface area contributed by atoms with Crippen LogP contribution in [0.1, 0.15) is 26.3 Å². The van der Waals surface area contributed by atoms with Crippen molar-refractivity contribution in [2.45, 2.75) is 0 Å². The predicted octanol–water partition coefficient (Wildman–Crippen LogP) is 3.73. The average Bonchev–Trinajstić information content (AvgIpc) is 2.76. The van der Waals surface area contributed by atoms with Crippen LogP contribution < -0.4 is 0 Å². The highest BCUT2D eigenvalue weighted by Gasteiger charge is 2.27. The Bertz CT molecular complexity index is 733. The van der Waals surface area contributed by atoms with E-state index in [0.29, 0.717) is 21.7 Å². The van der Waals surface area contributed by atoms with Crippen molar-refractivity contribution in [3.8, 4) is 0 Å². The summed E-state index contributed by atoms with van der Waals surface area (Å²) in [6.07, 6.45) is 1.31. The van der Waals surface area contributed by atoms with Gasteiger partial charge in [0.05, 0.1) is 5.56 Å². The summed E-state index contributed by atoms with van der Waals surface area (Å²) in [5, 5.41) is 0.486. The average molecular weight is 285 g/mol. The third-order valence-corrected chi connectivity index (χ3v) is 3.23. The van der Waals surface area contributed by atoms with E-state index >= 15 is 0 Å². The van der Waals surface area contributed by atoms with E-state index in [1.54, 1.807) is 42.5 Å². The van der Waals surface area contributed by atoms with Crippen LogP contribution in [0.15, 0.2) is 54.6 Å². The van der Waals surface area contributed by atoms with E-state index in [1.807, 2.05) is 6.07 Å². The zero-order valence-electron chi connectivity index (χ0n) is 10.3. The molecular weight excluding hydrogens is 276 g/mol. The van der Waals surface area contributed by atoms with Gasteiger partial charge in [-0.15, -0.1) is 0 Å². The summed E-state index contributed by atoms with van der Waals surface area (Å²) in [6.45, 7) is 0. The molecule has 3 rings (SSSR count). The van der Waals surface area contributed by atoms with Gasteiger partial charge in [-0.3, -0.25) is 4.79 Å². The minimum atomic E-state index is -0.469. The number of hydrogen-bond acceptors (Lipinski definition) is 3. The van der Waals surface area contributed by atoms with Gasteiger partial charge < -0.3 is 4.74 Å². The van der Waals surface area contributed by atoms with Gasteiger partial charge in [0, 0.05) is 22.2 Å². The van der Waals surface area contributed by atoms with E-state index in [0.717, 1.165) is 0 Å². The predicted molar refractivity (Wildman–Crippen MR) is 75.6 cm³/mol. The lowest BCUT2D eigenvalue weighted by Crippen LogP contribution is -1.96. The molecule has 0 aromatic heterocycles. The van der Waals surface area contributed by atoms with Crippen molar-refractivity contribution in [2.75, 3.05) is 0 Å². The van der Waals surface area contributed by atoms with Crippen LogP contribution in [0.5, 0.6) is 0 Å². The van der Waals surface area contributed by atoms with Crippen LogP contribution in [0.25, 0.3) is 5.76 Å². The van der Waals surface area contributed by atoms with Crippen LogP contribution in [0, 0.1) is 0 Å². The Kier molecular flexibility index (Phi) is 3.12. The third-order valence-electron chi connectivity index (χ3n) is 2.99. The first-order valence-electron chi connectivity index (χ1n) is 5.98. The summed E-state index contributed by atoms with van der Waals surface area (Å²) < 4.78 is 5.12. The molecular formula is C16H9ClO3. The van der Waals surface area contributed by atoms with Gasteiger partial charge in [-0.05, 0) is 18.2 Å². The smallest absolute Gasteiger partial charge is 0.344 e. The number of ether oxygens (including phenoxy) is 1. The van der Waals surface area contributed by atoms with E-state index in [9.17, 15) is 9.59 Å². The second kappa shape index (κ2) is 4.94.